The zero-order chi connectivity index (χ0) is 20.6. The minimum Gasteiger partial charge on any atom is -0.454 e. The number of imidazole rings is 1. The number of nitrogens with two attached hydrogens (primary N) is 1. The Bertz CT molecular complexity index is 1170. The highest BCUT2D eigenvalue weighted by Crippen LogP contribution is 2.24. The molecule has 3 aromatic rings. The van der Waals surface area contributed by atoms with Crippen LogP contribution >= 0.6 is 0 Å². The Kier molecular flexibility index (Phi) is 5.18. The van der Waals surface area contributed by atoms with Crippen molar-refractivity contribution < 1.29 is 26.7 Å². The van der Waals surface area contributed by atoms with Crippen molar-refractivity contribution in [2.24, 2.45) is 5.14 Å². The summed E-state index contributed by atoms with van der Waals surface area (Å²) in [7, 11) is -4.04. The smallest absolute Gasteiger partial charge is 0.338 e. The molecule has 10 heteroatoms. The van der Waals surface area contributed by atoms with Gasteiger partial charge in [-0.25, -0.2) is 23.3 Å². The highest BCUT2D eigenvalue weighted by molar-refractivity contribution is 7.89. The van der Waals surface area contributed by atoms with Gasteiger partial charge in [-0.2, -0.15) is 8.78 Å². The van der Waals surface area contributed by atoms with Gasteiger partial charge in [0.15, 0.2) is 5.82 Å². The number of primary sulfonamides is 1. The van der Waals surface area contributed by atoms with E-state index in [9.17, 15) is 22.0 Å². The van der Waals surface area contributed by atoms with E-state index in [4.69, 9.17) is 9.88 Å². The van der Waals surface area contributed by atoms with Crippen molar-refractivity contribution in [3.05, 3.63) is 58.9 Å². The molecular formula is C18H17F2N3O4S. The number of alkyl halides is 2. The third-order valence-corrected chi connectivity index (χ3v) is 5.40. The molecule has 2 aromatic carbocycles. The fourth-order valence-electron chi connectivity index (χ4n) is 2.87. The van der Waals surface area contributed by atoms with Gasteiger partial charge in [0, 0.05) is 0 Å². The number of rotatable bonds is 5. The van der Waals surface area contributed by atoms with Gasteiger partial charge >= 0.3 is 12.5 Å². The van der Waals surface area contributed by atoms with Crippen LogP contribution in [-0.4, -0.2) is 23.9 Å². The molecule has 0 fully saturated rings. The van der Waals surface area contributed by atoms with Crippen LogP contribution in [0, 0.1) is 13.8 Å². The number of hydrogen-bond donors (Lipinski definition) is 1. The van der Waals surface area contributed by atoms with E-state index in [0.717, 1.165) is 6.07 Å². The number of carbonyl (C=O) groups excluding carboxylic acids is 1. The second-order valence-electron chi connectivity index (χ2n) is 6.20. The number of esters is 1. The molecule has 0 radical (unpaired) electrons. The van der Waals surface area contributed by atoms with Gasteiger partial charge in [-0.15, -0.1) is 0 Å². The maximum Gasteiger partial charge on any atom is 0.338 e. The summed E-state index contributed by atoms with van der Waals surface area (Å²) in [5.74, 6) is -0.999. The van der Waals surface area contributed by atoms with Crippen LogP contribution < -0.4 is 5.14 Å². The van der Waals surface area contributed by atoms with E-state index in [1.54, 1.807) is 32.0 Å². The molecule has 1 heterocycles. The molecule has 0 atom stereocenters. The lowest BCUT2D eigenvalue weighted by Crippen LogP contribution is -2.16. The molecule has 0 aliphatic carbocycles. The van der Waals surface area contributed by atoms with Gasteiger partial charge in [0.2, 0.25) is 10.0 Å². The summed E-state index contributed by atoms with van der Waals surface area (Å²) >= 11 is 0. The lowest BCUT2D eigenvalue weighted by molar-refractivity contribution is 0.0387. The van der Waals surface area contributed by atoms with Crippen molar-refractivity contribution in [2.45, 2.75) is 31.9 Å². The first-order valence-electron chi connectivity index (χ1n) is 8.14. The van der Waals surface area contributed by atoms with Crippen LogP contribution in [0.5, 0.6) is 0 Å². The summed E-state index contributed by atoms with van der Waals surface area (Å²) in [5, 5.41) is 5.18. The number of nitrogens with zero attached hydrogens (tertiary/aromatic N) is 2. The van der Waals surface area contributed by atoms with E-state index in [0.29, 0.717) is 21.2 Å². The number of sulfonamides is 1. The minimum absolute atomic E-state index is 0.0492. The topological polar surface area (TPSA) is 104 Å². The lowest BCUT2D eigenvalue weighted by atomic mass is 10.1. The van der Waals surface area contributed by atoms with Gasteiger partial charge in [0.05, 0.1) is 21.5 Å². The number of fused-ring (bicyclic) bond motifs is 1. The first kappa shape index (κ1) is 19.9. The molecule has 0 spiro atoms. The Morgan fingerprint density at radius 2 is 1.93 bits per heavy atom. The molecule has 7 nitrogen and oxygen atoms in total. The van der Waals surface area contributed by atoms with E-state index < -0.39 is 29.1 Å². The van der Waals surface area contributed by atoms with Gasteiger partial charge < -0.3 is 4.74 Å². The molecule has 3 rings (SSSR count). The molecule has 2 N–H and O–H groups in total. The first-order valence-corrected chi connectivity index (χ1v) is 9.69. The number of ether oxygens (including phenoxy) is 1. The van der Waals surface area contributed by atoms with Crippen molar-refractivity contribution in [2.75, 3.05) is 0 Å². The molecule has 148 valence electrons. The van der Waals surface area contributed by atoms with E-state index in [1.165, 1.54) is 12.1 Å². The standard InChI is InChI=1S/C18H17F2N3O4S/c1-10-7-12(8-15(11(10)2)28(21,25)26)17(24)27-9-16-22-13-5-3-4-6-14(13)23(16)18(19)20/h3-8,18H,9H2,1-2H3,(H2,21,25,26). The number of para-hydroxylation sites is 2. The highest BCUT2D eigenvalue weighted by atomic mass is 32.2. The highest BCUT2D eigenvalue weighted by Gasteiger charge is 2.21. The second kappa shape index (κ2) is 7.28. The third kappa shape index (κ3) is 3.73. The van der Waals surface area contributed by atoms with Crippen LogP contribution in [0.1, 0.15) is 33.9 Å². The van der Waals surface area contributed by atoms with Crippen molar-refractivity contribution >= 4 is 27.0 Å². The van der Waals surface area contributed by atoms with E-state index in [2.05, 4.69) is 4.98 Å². The molecule has 28 heavy (non-hydrogen) atoms. The quantitative estimate of drug-likeness (QED) is 0.652. The Morgan fingerprint density at radius 1 is 1.25 bits per heavy atom. The predicted molar refractivity (Wildman–Crippen MR) is 97.4 cm³/mol. The van der Waals surface area contributed by atoms with Crippen LogP contribution in [0.15, 0.2) is 41.3 Å². The van der Waals surface area contributed by atoms with Crippen molar-refractivity contribution in [1.82, 2.24) is 9.55 Å². The van der Waals surface area contributed by atoms with Crippen molar-refractivity contribution in [1.29, 1.82) is 0 Å². The zero-order valence-electron chi connectivity index (χ0n) is 15.0. The average molecular weight is 409 g/mol. The van der Waals surface area contributed by atoms with Crippen LogP contribution in [0.2, 0.25) is 0 Å². The van der Waals surface area contributed by atoms with E-state index in [1.807, 2.05) is 0 Å². The molecule has 0 bridgehead atoms. The Labute approximate surface area is 159 Å². The Morgan fingerprint density at radius 3 is 2.57 bits per heavy atom. The summed E-state index contributed by atoms with van der Waals surface area (Å²) in [4.78, 5) is 16.3. The summed E-state index contributed by atoms with van der Waals surface area (Å²) in [6, 6.07) is 8.87. The van der Waals surface area contributed by atoms with Gasteiger partial charge in [-0.3, -0.25) is 4.57 Å². The van der Waals surface area contributed by atoms with E-state index in [-0.39, 0.29) is 21.8 Å². The summed E-state index contributed by atoms with van der Waals surface area (Å²) in [6.07, 6.45) is 0. The largest absolute Gasteiger partial charge is 0.454 e. The van der Waals surface area contributed by atoms with Gasteiger partial charge in [0.25, 0.3) is 0 Å². The fourth-order valence-corrected chi connectivity index (χ4v) is 3.75. The number of carbonyl (C=O) groups is 1. The molecule has 0 aliphatic heterocycles. The Hall–Kier alpha value is -2.85. The fraction of sp³-hybridized carbons (Fsp3) is 0.222. The normalized spacial score (nSPS) is 11.9. The third-order valence-electron chi connectivity index (χ3n) is 4.36. The predicted octanol–water partition coefficient (Wildman–Crippen LogP) is 3.05. The van der Waals surface area contributed by atoms with Crippen LogP contribution in [-0.2, 0) is 21.4 Å². The molecule has 0 saturated carbocycles. The van der Waals surface area contributed by atoms with Crippen LogP contribution in [0.3, 0.4) is 0 Å². The summed E-state index contributed by atoms with van der Waals surface area (Å²) in [5.41, 5.74) is 1.45. The van der Waals surface area contributed by atoms with Gasteiger partial charge in [-0.1, -0.05) is 12.1 Å². The average Bonchev–Trinajstić information content (AvgIpc) is 2.99. The second-order valence-corrected chi connectivity index (χ2v) is 7.73. The van der Waals surface area contributed by atoms with E-state index >= 15 is 0 Å². The molecule has 0 aliphatic rings. The SMILES string of the molecule is Cc1cc(C(=O)OCc2nc3ccccc3n2C(F)F)cc(S(N)(=O)=O)c1C. The maximum atomic E-state index is 13.4. The molecular weight excluding hydrogens is 392 g/mol. The Balaban J connectivity index is 1.91. The number of aromatic nitrogens is 2. The summed E-state index contributed by atoms with van der Waals surface area (Å²) in [6.45, 7) is -0.182. The zero-order valence-corrected chi connectivity index (χ0v) is 15.8. The van der Waals surface area contributed by atoms with Crippen LogP contribution in [0.25, 0.3) is 11.0 Å². The lowest BCUT2D eigenvalue weighted by Gasteiger charge is -2.11. The number of hydrogen-bond acceptors (Lipinski definition) is 5. The van der Waals surface area contributed by atoms with Crippen molar-refractivity contribution in [3.63, 3.8) is 0 Å². The molecule has 1 aromatic heterocycles. The minimum atomic E-state index is -4.04. The molecule has 0 saturated heterocycles. The number of aryl methyl sites for hydroxylation is 1. The summed E-state index contributed by atoms with van der Waals surface area (Å²) < 4.78 is 56.0. The molecule has 0 amide bonds. The van der Waals surface area contributed by atoms with Crippen molar-refractivity contribution in [3.8, 4) is 0 Å². The van der Waals surface area contributed by atoms with Gasteiger partial charge in [-0.05, 0) is 49.2 Å². The number of benzene rings is 2. The van der Waals surface area contributed by atoms with Crippen LogP contribution in [0.4, 0.5) is 8.78 Å². The van der Waals surface area contributed by atoms with Gasteiger partial charge in [0.1, 0.15) is 6.61 Å². The maximum absolute atomic E-state index is 13.4. The first-order chi connectivity index (χ1) is 13.1. The number of halogens is 2. The monoisotopic (exact) mass is 409 g/mol. The molecule has 0 unspecified atom stereocenters.